The summed E-state index contributed by atoms with van der Waals surface area (Å²) in [5.74, 6) is 0.275. The number of nitrogens with zero attached hydrogens (tertiary/aromatic N) is 1. The topological polar surface area (TPSA) is 32.3 Å². The second-order valence-electron chi connectivity index (χ2n) is 4.98. The molecule has 100 valence electrons. The van der Waals surface area contributed by atoms with Gasteiger partial charge < -0.3 is 10.2 Å². The first-order chi connectivity index (χ1) is 8.57. The predicted molar refractivity (Wildman–Crippen MR) is 78.7 cm³/mol. The van der Waals surface area contributed by atoms with Crippen molar-refractivity contribution < 1.29 is 4.79 Å². The molecule has 1 N–H and O–H groups in total. The second kappa shape index (κ2) is 5.72. The van der Waals surface area contributed by atoms with E-state index in [0.717, 1.165) is 29.7 Å². The van der Waals surface area contributed by atoms with Crippen molar-refractivity contribution in [3.63, 3.8) is 0 Å². The van der Waals surface area contributed by atoms with E-state index >= 15 is 0 Å². The smallest absolute Gasteiger partial charge is 0.230 e. The Morgan fingerprint density at radius 2 is 2.44 bits per heavy atom. The maximum Gasteiger partial charge on any atom is 0.230 e. The molecule has 0 radical (unpaired) electrons. The van der Waals surface area contributed by atoms with Gasteiger partial charge in [-0.15, -0.1) is 11.3 Å². The molecule has 1 unspecified atom stereocenters. The van der Waals surface area contributed by atoms with Crippen molar-refractivity contribution in [2.24, 2.45) is 5.41 Å². The second-order valence-corrected chi connectivity index (χ2v) is 7.27. The Bertz CT molecular complexity index is 426. The van der Waals surface area contributed by atoms with Crippen molar-refractivity contribution in [3.8, 4) is 0 Å². The molecule has 1 fully saturated rings. The molecule has 2 rings (SSSR count). The SMILES string of the molecule is CCC1(C(=O)N(C)Cc2csc(Br)c2)CCNC1. The minimum Gasteiger partial charge on any atom is -0.341 e. The average molecular weight is 331 g/mol. The lowest BCUT2D eigenvalue weighted by Crippen LogP contribution is -2.42. The Labute approximate surface area is 121 Å². The van der Waals surface area contributed by atoms with E-state index in [1.807, 2.05) is 11.9 Å². The van der Waals surface area contributed by atoms with Crippen LogP contribution in [0.4, 0.5) is 0 Å². The summed E-state index contributed by atoms with van der Waals surface area (Å²) in [7, 11) is 1.91. The van der Waals surface area contributed by atoms with Crippen molar-refractivity contribution >= 4 is 33.2 Å². The molecule has 0 saturated carbocycles. The van der Waals surface area contributed by atoms with Crippen LogP contribution >= 0.6 is 27.3 Å². The van der Waals surface area contributed by atoms with E-state index in [1.165, 1.54) is 5.56 Å². The molecular weight excluding hydrogens is 312 g/mol. The third kappa shape index (κ3) is 2.78. The highest BCUT2D eigenvalue weighted by atomic mass is 79.9. The van der Waals surface area contributed by atoms with Crippen LogP contribution in [0.2, 0.25) is 0 Å². The fourth-order valence-corrected chi connectivity index (χ4v) is 3.76. The first-order valence-corrected chi connectivity index (χ1v) is 7.94. The minimum atomic E-state index is -0.179. The first-order valence-electron chi connectivity index (χ1n) is 6.26. The van der Waals surface area contributed by atoms with Crippen molar-refractivity contribution in [1.82, 2.24) is 10.2 Å². The summed E-state index contributed by atoms with van der Waals surface area (Å²) < 4.78 is 1.12. The Morgan fingerprint density at radius 3 is 2.94 bits per heavy atom. The number of hydrogen-bond acceptors (Lipinski definition) is 3. The zero-order valence-electron chi connectivity index (χ0n) is 10.8. The summed E-state index contributed by atoms with van der Waals surface area (Å²) in [5, 5.41) is 5.41. The third-order valence-corrected chi connectivity index (χ3v) is 5.32. The number of rotatable bonds is 4. The van der Waals surface area contributed by atoms with Crippen LogP contribution in [0.5, 0.6) is 0 Å². The van der Waals surface area contributed by atoms with Gasteiger partial charge in [-0.3, -0.25) is 4.79 Å². The van der Waals surface area contributed by atoms with E-state index in [2.05, 4.69) is 39.6 Å². The van der Waals surface area contributed by atoms with Crippen LogP contribution < -0.4 is 5.32 Å². The molecule has 3 nitrogen and oxygen atoms in total. The summed E-state index contributed by atoms with van der Waals surface area (Å²) in [5.41, 5.74) is 1.02. The molecule has 0 spiro atoms. The lowest BCUT2D eigenvalue weighted by atomic mass is 9.83. The van der Waals surface area contributed by atoms with Gasteiger partial charge in [0.05, 0.1) is 9.20 Å². The van der Waals surface area contributed by atoms with Gasteiger partial charge in [-0.05, 0) is 52.3 Å². The van der Waals surface area contributed by atoms with Crippen molar-refractivity contribution in [2.45, 2.75) is 26.3 Å². The maximum atomic E-state index is 12.6. The summed E-state index contributed by atoms with van der Waals surface area (Å²) in [6.07, 6.45) is 1.87. The lowest BCUT2D eigenvalue weighted by Gasteiger charge is -2.30. The summed E-state index contributed by atoms with van der Waals surface area (Å²) >= 11 is 5.12. The Hall–Kier alpha value is -0.390. The number of halogens is 1. The summed E-state index contributed by atoms with van der Waals surface area (Å²) in [6.45, 7) is 4.58. The van der Waals surface area contributed by atoms with E-state index in [9.17, 15) is 4.79 Å². The number of thiophene rings is 1. The van der Waals surface area contributed by atoms with Gasteiger partial charge in [-0.25, -0.2) is 0 Å². The van der Waals surface area contributed by atoms with E-state index in [1.54, 1.807) is 11.3 Å². The highest BCUT2D eigenvalue weighted by molar-refractivity contribution is 9.11. The highest BCUT2D eigenvalue weighted by Crippen LogP contribution is 2.32. The standard InChI is InChI=1S/C13H19BrN2OS/c1-3-13(4-5-15-9-13)12(17)16(2)7-10-6-11(14)18-8-10/h6,8,15H,3-5,7,9H2,1-2H3. The number of hydrogen-bond donors (Lipinski definition) is 1. The number of carbonyl (C=O) groups is 1. The van der Waals surface area contributed by atoms with Crippen molar-refractivity contribution in [2.75, 3.05) is 20.1 Å². The molecule has 1 aliphatic rings. The van der Waals surface area contributed by atoms with Gasteiger partial charge in [-0.1, -0.05) is 6.92 Å². The average Bonchev–Trinajstić information content (AvgIpc) is 2.98. The van der Waals surface area contributed by atoms with Crippen LogP contribution in [0.25, 0.3) is 0 Å². The normalized spacial score (nSPS) is 23.3. The molecule has 1 saturated heterocycles. The fourth-order valence-electron chi connectivity index (χ4n) is 2.56. The number of nitrogens with one attached hydrogen (secondary N) is 1. The minimum absolute atomic E-state index is 0.179. The fraction of sp³-hybridized carbons (Fsp3) is 0.615. The van der Waals surface area contributed by atoms with E-state index in [-0.39, 0.29) is 11.3 Å². The monoisotopic (exact) mass is 330 g/mol. The van der Waals surface area contributed by atoms with Crippen LogP contribution in [0.3, 0.4) is 0 Å². The van der Waals surface area contributed by atoms with Crippen LogP contribution in [-0.4, -0.2) is 30.9 Å². The zero-order chi connectivity index (χ0) is 13.2. The predicted octanol–water partition coefficient (Wildman–Crippen LogP) is 2.86. The lowest BCUT2D eigenvalue weighted by molar-refractivity contribution is -0.140. The molecule has 1 aromatic heterocycles. The summed E-state index contributed by atoms with van der Waals surface area (Å²) in [4.78, 5) is 14.5. The van der Waals surface area contributed by atoms with Crippen molar-refractivity contribution in [1.29, 1.82) is 0 Å². The molecule has 1 amide bonds. The highest BCUT2D eigenvalue weighted by Gasteiger charge is 2.41. The molecule has 1 aliphatic heterocycles. The first kappa shape index (κ1) is 14.0. The maximum absolute atomic E-state index is 12.6. The van der Waals surface area contributed by atoms with Gasteiger partial charge in [-0.2, -0.15) is 0 Å². The number of carbonyl (C=O) groups excluding carboxylic acids is 1. The summed E-state index contributed by atoms with van der Waals surface area (Å²) in [6, 6.07) is 2.08. The van der Waals surface area contributed by atoms with Crippen LogP contribution in [-0.2, 0) is 11.3 Å². The molecule has 18 heavy (non-hydrogen) atoms. The molecule has 0 bridgehead atoms. The van der Waals surface area contributed by atoms with Crippen LogP contribution in [0.1, 0.15) is 25.3 Å². The number of amides is 1. The molecule has 1 aromatic rings. The zero-order valence-corrected chi connectivity index (χ0v) is 13.2. The van der Waals surface area contributed by atoms with Crippen molar-refractivity contribution in [3.05, 3.63) is 20.8 Å². The van der Waals surface area contributed by atoms with E-state index < -0.39 is 0 Å². The van der Waals surface area contributed by atoms with Gasteiger partial charge in [0.15, 0.2) is 0 Å². The molecule has 0 aliphatic carbocycles. The quantitative estimate of drug-likeness (QED) is 0.920. The largest absolute Gasteiger partial charge is 0.341 e. The van der Waals surface area contributed by atoms with E-state index in [4.69, 9.17) is 0 Å². The molecule has 5 heteroatoms. The van der Waals surface area contributed by atoms with Gasteiger partial charge in [0.1, 0.15) is 0 Å². The van der Waals surface area contributed by atoms with Gasteiger partial charge in [0.2, 0.25) is 5.91 Å². The van der Waals surface area contributed by atoms with Gasteiger partial charge in [0, 0.05) is 20.1 Å². The molecule has 0 aromatic carbocycles. The van der Waals surface area contributed by atoms with Gasteiger partial charge in [0.25, 0.3) is 0 Å². The Kier molecular flexibility index (Phi) is 4.45. The molecule has 1 atom stereocenters. The third-order valence-electron chi connectivity index (χ3n) is 3.76. The van der Waals surface area contributed by atoms with Crippen LogP contribution in [0, 0.1) is 5.41 Å². The Morgan fingerprint density at radius 1 is 1.67 bits per heavy atom. The van der Waals surface area contributed by atoms with E-state index in [0.29, 0.717) is 6.54 Å². The van der Waals surface area contributed by atoms with Gasteiger partial charge >= 0.3 is 0 Å². The Balaban J connectivity index is 2.04. The van der Waals surface area contributed by atoms with Crippen LogP contribution in [0.15, 0.2) is 15.2 Å². The molecule has 2 heterocycles. The molecular formula is C13H19BrN2OS.